The zero-order chi connectivity index (χ0) is 15.5. The molecular weight excluding hydrogens is 280 g/mol. The first-order valence-electron chi connectivity index (χ1n) is 6.71. The highest BCUT2D eigenvalue weighted by Gasteiger charge is 2.06. The molecule has 2 aromatic carbocycles. The normalized spacial score (nSPS) is 10.5. The minimum atomic E-state index is 0.643. The Balaban J connectivity index is 1.91. The van der Waals surface area contributed by atoms with E-state index in [4.69, 9.17) is 15.2 Å². The summed E-state index contributed by atoms with van der Waals surface area (Å²) in [4.78, 5) is 8.86. The fraction of sp³-hybridized carbons (Fsp3) is 0.125. The molecule has 6 nitrogen and oxygen atoms in total. The van der Waals surface area contributed by atoms with E-state index in [9.17, 15) is 0 Å². The van der Waals surface area contributed by atoms with Gasteiger partial charge in [0, 0.05) is 17.4 Å². The number of anilines is 3. The summed E-state index contributed by atoms with van der Waals surface area (Å²) in [7, 11) is 3.20. The Morgan fingerprint density at radius 2 is 1.77 bits per heavy atom. The lowest BCUT2D eigenvalue weighted by atomic mass is 10.2. The largest absolute Gasteiger partial charge is 0.493 e. The Hall–Kier alpha value is -3.02. The van der Waals surface area contributed by atoms with E-state index in [-0.39, 0.29) is 0 Å². The van der Waals surface area contributed by atoms with Gasteiger partial charge in [-0.25, -0.2) is 4.98 Å². The Kier molecular flexibility index (Phi) is 3.65. The molecular formula is C16H16N4O2. The van der Waals surface area contributed by atoms with Crippen molar-refractivity contribution in [2.45, 2.75) is 0 Å². The van der Waals surface area contributed by atoms with E-state index in [1.165, 1.54) is 0 Å². The number of fused-ring (bicyclic) bond motifs is 1. The molecule has 0 bridgehead atoms. The summed E-state index contributed by atoms with van der Waals surface area (Å²) in [5, 5.41) is 3.20. The summed E-state index contributed by atoms with van der Waals surface area (Å²) < 4.78 is 10.5. The molecule has 0 aliphatic heterocycles. The molecule has 22 heavy (non-hydrogen) atoms. The van der Waals surface area contributed by atoms with Crippen LogP contribution in [0.15, 0.2) is 42.6 Å². The average molecular weight is 296 g/mol. The van der Waals surface area contributed by atoms with Crippen LogP contribution in [0.25, 0.3) is 11.0 Å². The Morgan fingerprint density at radius 1 is 0.955 bits per heavy atom. The van der Waals surface area contributed by atoms with Gasteiger partial charge < -0.3 is 20.5 Å². The topological polar surface area (TPSA) is 82.3 Å². The van der Waals surface area contributed by atoms with Gasteiger partial charge in [-0.05, 0) is 30.3 Å². The lowest BCUT2D eigenvalue weighted by Crippen LogP contribution is -1.97. The summed E-state index contributed by atoms with van der Waals surface area (Å²) in [6, 6.07) is 11.0. The third-order valence-corrected chi connectivity index (χ3v) is 3.22. The SMILES string of the molecule is COc1ccc(Nc2cnc3cc(N)ccc3n2)cc1OC. The standard InChI is InChI=1S/C16H16N4O2/c1-21-14-6-4-11(8-15(14)22-2)19-16-9-18-13-7-10(17)3-5-12(13)20-16/h3-9H,17H2,1-2H3,(H,19,20). The monoisotopic (exact) mass is 296 g/mol. The van der Waals surface area contributed by atoms with Crippen molar-refractivity contribution >= 4 is 28.2 Å². The molecule has 1 heterocycles. The number of nitrogen functional groups attached to an aromatic ring is 1. The molecule has 0 saturated heterocycles. The maximum atomic E-state index is 5.74. The number of hydrogen-bond acceptors (Lipinski definition) is 6. The zero-order valence-electron chi connectivity index (χ0n) is 12.3. The van der Waals surface area contributed by atoms with Crippen molar-refractivity contribution < 1.29 is 9.47 Å². The van der Waals surface area contributed by atoms with Crippen molar-refractivity contribution in [3.05, 3.63) is 42.6 Å². The molecule has 3 rings (SSSR count). The van der Waals surface area contributed by atoms with Crippen LogP contribution in [0.3, 0.4) is 0 Å². The smallest absolute Gasteiger partial charge is 0.162 e. The summed E-state index contributed by atoms with van der Waals surface area (Å²) in [6.45, 7) is 0. The second-order valence-corrected chi connectivity index (χ2v) is 4.70. The number of benzene rings is 2. The van der Waals surface area contributed by atoms with Crippen molar-refractivity contribution in [3.8, 4) is 11.5 Å². The van der Waals surface area contributed by atoms with Gasteiger partial charge in [-0.15, -0.1) is 0 Å². The number of hydrogen-bond donors (Lipinski definition) is 2. The van der Waals surface area contributed by atoms with Gasteiger partial charge in [-0.2, -0.15) is 0 Å². The molecule has 6 heteroatoms. The molecule has 3 N–H and O–H groups in total. The van der Waals surface area contributed by atoms with Crippen molar-refractivity contribution in [2.75, 3.05) is 25.3 Å². The van der Waals surface area contributed by atoms with Crippen LogP contribution in [0.1, 0.15) is 0 Å². The minimum absolute atomic E-state index is 0.643. The van der Waals surface area contributed by atoms with Crippen LogP contribution in [0.5, 0.6) is 11.5 Å². The summed E-state index contributed by atoms with van der Waals surface area (Å²) in [6.07, 6.45) is 1.67. The van der Waals surface area contributed by atoms with Gasteiger partial charge in [-0.1, -0.05) is 0 Å². The summed E-state index contributed by atoms with van der Waals surface area (Å²) >= 11 is 0. The average Bonchev–Trinajstić information content (AvgIpc) is 2.55. The van der Waals surface area contributed by atoms with Crippen molar-refractivity contribution in [3.63, 3.8) is 0 Å². The second-order valence-electron chi connectivity index (χ2n) is 4.70. The molecule has 0 spiro atoms. The van der Waals surface area contributed by atoms with Crippen molar-refractivity contribution in [1.29, 1.82) is 0 Å². The van der Waals surface area contributed by atoms with Crippen LogP contribution in [-0.4, -0.2) is 24.2 Å². The molecule has 0 fully saturated rings. The predicted octanol–water partition coefficient (Wildman–Crippen LogP) is 2.97. The minimum Gasteiger partial charge on any atom is -0.493 e. The Bertz CT molecular complexity index is 820. The van der Waals surface area contributed by atoms with E-state index in [2.05, 4.69) is 15.3 Å². The first kappa shape index (κ1) is 13.9. The first-order valence-corrected chi connectivity index (χ1v) is 6.71. The van der Waals surface area contributed by atoms with Gasteiger partial charge in [-0.3, -0.25) is 4.98 Å². The number of methoxy groups -OCH3 is 2. The zero-order valence-corrected chi connectivity index (χ0v) is 12.3. The summed E-state index contributed by atoms with van der Waals surface area (Å²) in [5.41, 5.74) is 8.78. The Labute approximate surface area is 127 Å². The number of ether oxygens (including phenoxy) is 2. The first-order chi connectivity index (χ1) is 10.7. The number of nitrogens with two attached hydrogens (primary N) is 1. The van der Waals surface area contributed by atoms with Crippen LogP contribution >= 0.6 is 0 Å². The number of nitrogens with one attached hydrogen (secondary N) is 1. The fourth-order valence-corrected chi connectivity index (χ4v) is 2.15. The van der Waals surface area contributed by atoms with E-state index in [1.807, 2.05) is 24.3 Å². The van der Waals surface area contributed by atoms with Crippen molar-refractivity contribution in [1.82, 2.24) is 9.97 Å². The van der Waals surface area contributed by atoms with Crippen LogP contribution in [0.2, 0.25) is 0 Å². The van der Waals surface area contributed by atoms with Crippen LogP contribution in [-0.2, 0) is 0 Å². The van der Waals surface area contributed by atoms with E-state index in [0.717, 1.165) is 16.7 Å². The van der Waals surface area contributed by atoms with Crippen LogP contribution in [0, 0.1) is 0 Å². The molecule has 0 amide bonds. The molecule has 1 aromatic heterocycles. The van der Waals surface area contributed by atoms with Crippen molar-refractivity contribution in [2.24, 2.45) is 0 Å². The molecule has 0 aliphatic rings. The lowest BCUT2D eigenvalue weighted by molar-refractivity contribution is 0.355. The van der Waals surface area contributed by atoms with Gasteiger partial charge in [0.2, 0.25) is 0 Å². The highest BCUT2D eigenvalue weighted by atomic mass is 16.5. The molecule has 3 aromatic rings. The maximum absolute atomic E-state index is 5.74. The van der Waals surface area contributed by atoms with E-state index < -0.39 is 0 Å². The summed E-state index contributed by atoms with van der Waals surface area (Å²) in [5.74, 6) is 1.96. The lowest BCUT2D eigenvalue weighted by Gasteiger charge is -2.11. The number of aromatic nitrogens is 2. The van der Waals surface area contributed by atoms with Gasteiger partial charge >= 0.3 is 0 Å². The molecule has 0 atom stereocenters. The van der Waals surface area contributed by atoms with Crippen LogP contribution in [0.4, 0.5) is 17.2 Å². The number of nitrogens with zero attached hydrogens (tertiary/aromatic N) is 2. The Morgan fingerprint density at radius 3 is 2.55 bits per heavy atom. The van der Waals surface area contributed by atoms with Crippen LogP contribution < -0.4 is 20.5 Å². The fourth-order valence-electron chi connectivity index (χ4n) is 2.15. The quantitative estimate of drug-likeness (QED) is 0.720. The van der Waals surface area contributed by atoms with Gasteiger partial charge in [0.25, 0.3) is 0 Å². The number of rotatable bonds is 4. The second kappa shape index (κ2) is 5.77. The molecule has 112 valence electrons. The van der Waals surface area contributed by atoms with Gasteiger partial charge in [0.15, 0.2) is 11.5 Å². The molecule has 0 saturated carbocycles. The van der Waals surface area contributed by atoms with E-state index in [0.29, 0.717) is 23.0 Å². The predicted molar refractivity (Wildman–Crippen MR) is 86.8 cm³/mol. The molecule has 0 unspecified atom stereocenters. The third kappa shape index (κ3) is 2.71. The van der Waals surface area contributed by atoms with Gasteiger partial charge in [0.05, 0.1) is 31.4 Å². The highest BCUT2D eigenvalue weighted by Crippen LogP contribution is 2.30. The maximum Gasteiger partial charge on any atom is 0.162 e. The van der Waals surface area contributed by atoms with E-state index in [1.54, 1.807) is 32.5 Å². The molecule has 0 radical (unpaired) electrons. The third-order valence-electron chi connectivity index (χ3n) is 3.22. The van der Waals surface area contributed by atoms with E-state index >= 15 is 0 Å². The highest BCUT2D eigenvalue weighted by molar-refractivity contribution is 5.79. The molecule has 0 aliphatic carbocycles. The van der Waals surface area contributed by atoms with Gasteiger partial charge in [0.1, 0.15) is 5.82 Å².